The minimum Gasteiger partial charge on any atom is -0.352 e. The second-order valence-electron chi connectivity index (χ2n) is 7.98. The van der Waals surface area contributed by atoms with Gasteiger partial charge in [-0.2, -0.15) is 0 Å². The van der Waals surface area contributed by atoms with E-state index >= 15 is 0 Å². The first-order valence-electron chi connectivity index (χ1n) is 10.5. The van der Waals surface area contributed by atoms with Crippen LogP contribution in [0.4, 0.5) is 10.1 Å². The van der Waals surface area contributed by atoms with Crippen molar-refractivity contribution in [3.8, 4) is 0 Å². The highest BCUT2D eigenvalue weighted by molar-refractivity contribution is 7.80. The number of halogens is 1. The number of para-hydroxylation sites is 1. The summed E-state index contributed by atoms with van der Waals surface area (Å²) in [6.07, 6.45) is 1.94. The van der Waals surface area contributed by atoms with Gasteiger partial charge in [0.15, 0.2) is 5.11 Å². The molecule has 2 atom stereocenters. The molecule has 0 spiro atoms. The first kappa shape index (κ1) is 22.0. The van der Waals surface area contributed by atoms with Crippen LogP contribution in [0.3, 0.4) is 0 Å². The molecule has 3 heterocycles. The smallest absolute Gasteiger partial charge is 0.226 e. The van der Waals surface area contributed by atoms with E-state index < -0.39 is 5.82 Å². The molecule has 0 unspecified atom stereocenters. The largest absolute Gasteiger partial charge is 0.352 e. The first-order chi connectivity index (χ1) is 15.4. The van der Waals surface area contributed by atoms with E-state index in [1.54, 1.807) is 24.4 Å². The Morgan fingerprint density at radius 2 is 1.97 bits per heavy atom. The van der Waals surface area contributed by atoms with Crippen molar-refractivity contribution >= 4 is 28.9 Å². The van der Waals surface area contributed by atoms with Crippen molar-refractivity contribution in [1.82, 2.24) is 19.8 Å². The molecule has 8 heteroatoms. The highest BCUT2D eigenvalue weighted by Crippen LogP contribution is 2.40. The molecule has 1 aromatic carbocycles. The fourth-order valence-corrected chi connectivity index (χ4v) is 4.50. The number of aryl methyl sites for hydroxylation is 1. The Morgan fingerprint density at radius 1 is 1.22 bits per heavy atom. The monoisotopic (exact) mass is 451 g/mol. The van der Waals surface area contributed by atoms with Gasteiger partial charge in [-0.1, -0.05) is 18.2 Å². The number of hydrogen-bond donors (Lipinski definition) is 2. The second-order valence-corrected chi connectivity index (χ2v) is 8.37. The van der Waals surface area contributed by atoms with E-state index in [1.165, 1.54) is 6.07 Å². The Bertz CT molecular complexity index is 1150. The van der Waals surface area contributed by atoms with Crippen LogP contribution in [0.2, 0.25) is 0 Å². The molecule has 1 fully saturated rings. The highest BCUT2D eigenvalue weighted by atomic mass is 32.1. The van der Waals surface area contributed by atoms with Gasteiger partial charge < -0.3 is 20.1 Å². The topological polar surface area (TPSA) is 62.2 Å². The van der Waals surface area contributed by atoms with Gasteiger partial charge in [0, 0.05) is 37.6 Å². The molecule has 166 valence electrons. The summed E-state index contributed by atoms with van der Waals surface area (Å²) >= 11 is 5.67. The number of thiocarbonyl (C=S) groups is 1. The van der Waals surface area contributed by atoms with E-state index in [0.29, 0.717) is 11.7 Å². The maximum absolute atomic E-state index is 13.9. The number of carbonyl (C=O) groups is 1. The molecule has 0 bridgehead atoms. The quantitative estimate of drug-likeness (QED) is 0.551. The third kappa shape index (κ3) is 4.23. The van der Waals surface area contributed by atoms with Crippen LogP contribution in [0, 0.1) is 19.7 Å². The first-order valence-corrected chi connectivity index (χ1v) is 10.9. The maximum atomic E-state index is 13.9. The van der Waals surface area contributed by atoms with Crippen molar-refractivity contribution in [2.24, 2.45) is 7.05 Å². The van der Waals surface area contributed by atoms with Gasteiger partial charge in [-0.15, -0.1) is 0 Å². The van der Waals surface area contributed by atoms with Gasteiger partial charge in [-0.3, -0.25) is 9.78 Å². The van der Waals surface area contributed by atoms with Crippen molar-refractivity contribution in [3.05, 3.63) is 83.2 Å². The molecule has 0 aliphatic carbocycles. The van der Waals surface area contributed by atoms with Gasteiger partial charge in [0.05, 0.1) is 23.5 Å². The van der Waals surface area contributed by atoms with Gasteiger partial charge in [0.25, 0.3) is 0 Å². The van der Waals surface area contributed by atoms with Crippen molar-refractivity contribution in [1.29, 1.82) is 0 Å². The van der Waals surface area contributed by atoms with E-state index in [0.717, 1.165) is 22.6 Å². The Hall–Kier alpha value is -3.26. The molecule has 32 heavy (non-hydrogen) atoms. The van der Waals surface area contributed by atoms with E-state index in [2.05, 4.69) is 40.1 Å². The van der Waals surface area contributed by atoms with Gasteiger partial charge in [0.1, 0.15) is 5.82 Å². The normalized spacial score (nSPS) is 18.0. The van der Waals surface area contributed by atoms with Crippen molar-refractivity contribution in [3.63, 3.8) is 0 Å². The average molecular weight is 452 g/mol. The number of anilines is 1. The van der Waals surface area contributed by atoms with Gasteiger partial charge in [-0.05, 0) is 62.0 Å². The lowest BCUT2D eigenvalue weighted by atomic mass is 9.96. The zero-order valence-corrected chi connectivity index (χ0v) is 19.1. The van der Waals surface area contributed by atoms with Gasteiger partial charge in [0.2, 0.25) is 5.91 Å². The van der Waals surface area contributed by atoms with E-state index in [4.69, 9.17) is 12.2 Å². The SMILES string of the molecule is Cc1cc([C@@H]2[C@@H](c3ccccn3)NC(=S)N2CCC(=O)Nc2ccccc2F)c(C)n1C. The second kappa shape index (κ2) is 9.08. The average Bonchev–Trinajstić information content (AvgIpc) is 3.25. The molecule has 1 aliphatic rings. The molecule has 2 aromatic heterocycles. The van der Waals surface area contributed by atoms with Crippen LogP contribution in [0.1, 0.15) is 41.1 Å². The van der Waals surface area contributed by atoms with Crippen molar-refractivity contribution in [2.75, 3.05) is 11.9 Å². The molecule has 4 rings (SSSR count). The molecule has 2 N–H and O–H groups in total. The zero-order chi connectivity index (χ0) is 22.8. The predicted molar refractivity (Wildman–Crippen MR) is 127 cm³/mol. The predicted octanol–water partition coefficient (Wildman–Crippen LogP) is 4.18. The molecule has 1 aliphatic heterocycles. The van der Waals surface area contributed by atoms with Crippen LogP contribution < -0.4 is 10.6 Å². The van der Waals surface area contributed by atoms with E-state index in [9.17, 15) is 9.18 Å². The number of hydrogen-bond acceptors (Lipinski definition) is 3. The maximum Gasteiger partial charge on any atom is 0.226 e. The molecule has 3 aromatic rings. The summed E-state index contributed by atoms with van der Waals surface area (Å²) < 4.78 is 16.0. The number of rotatable bonds is 6. The summed E-state index contributed by atoms with van der Waals surface area (Å²) in [5.74, 6) is -0.721. The number of nitrogens with one attached hydrogen (secondary N) is 2. The summed E-state index contributed by atoms with van der Waals surface area (Å²) in [5.41, 5.74) is 4.49. The van der Waals surface area contributed by atoms with Crippen LogP contribution in [-0.4, -0.2) is 32.0 Å². The lowest BCUT2D eigenvalue weighted by Crippen LogP contribution is -2.33. The Kier molecular flexibility index (Phi) is 6.23. The fraction of sp³-hybridized carbons (Fsp3) is 0.292. The lowest BCUT2D eigenvalue weighted by molar-refractivity contribution is -0.116. The lowest BCUT2D eigenvalue weighted by Gasteiger charge is -2.28. The summed E-state index contributed by atoms with van der Waals surface area (Å²) in [6.45, 7) is 4.55. The van der Waals surface area contributed by atoms with E-state index in [1.807, 2.05) is 30.1 Å². The Morgan fingerprint density at radius 3 is 2.62 bits per heavy atom. The van der Waals surface area contributed by atoms with Crippen molar-refractivity contribution in [2.45, 2.75) is 32.4 Å². The molecular weight excluding hydrogens is 425 g/mol. The molecule has 0 saturated carbocycles. The minimum absolute atomic E-state index is 0.112. The summed E-state index contributed by atoms with van der Waals surface area (Å²) in [5, 5.41) is 6.63. The number of amides is 1. The van der Waals surface area contributed by atoms with Gasteiger partial charge >= 0.3 is 0 Å². The van der Waals surface area contributed by atoms with Crippen LogP contribution in [0.15, 0.2) is 54.7 Å². The molecule has 0 radical (unpaired) electrons. The highest BCUT2D eigenvalue weighted by Gasteiger charge is 2.41. The fourth-order valence-electron chi connectivity index (χ4n) is 4.17. The van der Waals surface area contributed by atoms with Crippen LogP contribution in [0.5, 0.6) is 0 Å². The van der Waals surface area contributed by atoms with E-state index in [-0.39, 0.29) is 30.1 Å². The summed E-state index contributed by atoms with van der Waals surface area (Å²) in [7, 11) is 2.04. The Labute approximate surface area is 192 Å². The number of nitrogens with zero attached hydrogens (tertiary/aromatic N) is 3. The molecule has 1 saturated heterocycles. The molecular formula is C24H26FN5OS. The van der Waals surface area contributed by atoms with Crippen molar-refractivity contribution < 1.29 is 9.18 Å². The Balaban J connectivity index is 1.59. The number of aromatic nitrogens is 2. The summed E-state index contributed by atoms with van der Waals surface area (Å²) in [4.78, 5) is 19.2. The third-order valence-electron chi connectivity index (χ3n) is 6.06. The van der Waals surface area contributed by atoms with Crippen LogP contribution >= 0.6 is 12.2 Å². The third-order valence-corrected chi connectivity index (χ3v) is 6.41. The molecule has 6 nitrogen and oxygen atoms in total. The van der Waals surface area contributed by atoms with Gasteiger partial charge in [-0.25, -0.2) is 4.39 Å². The zero-order valence-electron chi connectivity index (χ0n) is 18.3. The number of carbonyl (C=O) groups excluding carboxylic acids is 1. The minimum atomic E-state index is -0.456. The summed E-state index contributed by atoms with van der Waals surface area (Å²) in [6, 6.07) is 13.9. The molecule has 1 amide bonds. The number of benzene rings is 1. The van der Waals surface area contributed by atoms with Crippen LogP contribution in [0.25, 0.3) is 0 Å². The standard InChI is InChI=1S/C24H26FN5OS/c1-15-14-17(16(2)29(15)3)23-22(20-10-6-7-12-26-20)28-24(32)30(23)13-11-21(31)27-19-9-5-4-8-18(19)25/h4-10,12,14,22-23H,11,13H2,1-3H3,(H,27,31)(H,28,32)/t22-,23-/m1/s1. The number of pyridine rings is 1. The van der Waals surface area contributed by atoms with Crippen LogP contribution in [-0.2, 0) is 11.8 Å².